The molecule has 1 aromatic heterocycles. The molecule has 29 heavy (non-hydrogen) atoms. The summed E-state index contributed by atoms with van der Waals surface area (Å²) in [5, 5.41) is 14.4. The van der Waals surface area contributed by atoms with Crippen LogP contribution < -0.4 is 4.74 Å². The average Bonchev–Trinajstić information content (AvgIpc) is 3.29. The molecule has 1 aliphatic rings. The van der Waals surface area contributed by atoms with E-state index in [1.165, 1.54) is 0 Å². The Morgan fingerprint density at radius 3 is 2.62 bits per heavy atom. The van der Waals surface area contributed by atoms with E-state index in [1.54, 1.807) is 11.3 Å². The van der Waals surface area contributed by atoms with Gasteiger partial charge in [0.15, 0.2) is 0 Å². The number of carbonyl (C=O) groups is 1. The van der Waals surface area contributed by atoms with Crippen molar-refractivity contribution in [2.75, 3.05) is 39.3 Å². The third-order valence-corrected chi connectivity index (χ3v) is 6.34. The number of amides is 1. The number of carbonyl (C=O) groups excluding carboxylic acids is 1. The first-order chi connectivity index (χ1) is 14.2. The predicted molar refractivity (Wildman–Crippen MR) is 117 cm³/mol. The number of piperazine rings is 1. The number of rotatable bonds is 6. The monoisotopic (exact) mass is 410 g/mol. The van der Waals surface area contributed by atoms with Crippen molar-refractivity contribution in [3.05, 3.63) is 64.4 Å². The van der Waals surface area contributed by atoms with Crippen molar-refractivity contribution in [1.29, 1.82) is 0 Å². The van der Waals surface area contributed by atoms with Crippen LogP contribution in [0.1, 0.15) is 28.3 Å². The number of nitrogens with zero attached hydrogens (tertiary/aromatic N) is 2. The van der Waals surface area contributed by atoms with Crippen LogP contribution in [-0.4, -0.2) is 60.1 Å². The van der Waals surface area contributed by atoms with Crippen LogP contribution in [0.5, 0.6) is 5.75 Å². The zero-order valence-corrected chi connectivity index (χ0v) is 17.4. The maximum atomic E-state index is 13.4. The van der Waals surface area contributed by atoms with Crippen molar-refractivity contribution in [2.45, 2.75) is 13.0 Å². The molecule has 1 N–H and O–H groups in total. The van der Waals surface area contributed by atoms with Crippen molar-refractivity contribution < 1.29 is 14.6 Å². The second kappa shape index (κ2) is 8.95. The molecular weight excluding hydrogens is 384 g/mol. The number of thiophene rings is 1. The first kappa shape index (κ1) is 19.9. The molecule has 1 atom stereocenters. The zero-order chi connectivity index (χ0) is 20.2. The lowest BCUT2D eigenvalue weighted by Gasteiger charge is -2.36. The highest BCUT2D eigenvalue weighted by Gasteiger charge is 2.27. The van der Waals surface area contributed by atoms with Gasteiger partial charge in [-0.2, -0.15) is 0 Å². The van der Waals surface area contributed by atoms with Gasteiger partial charge in [-0.25, -0.2) is 0 Å². The highest BCUT2D eigenvalue weighted by atomic mass is 32.1. The van der Waals surface area contributed by atoms with Crippen molar-refractivity contribution in [3.63, 3.8) is 0 Å². The fraction of sp³-hybridized carbons (Fsp3) is 0.348. The molecule has 0 radical (unpaired) electrons. The normalized spacial score (nSPS) is 16.1. The summed E-state index contributed by atoms with van der Waals surface area (Å²) in [5.41, 5.74) is 0.650. The summed E-state index contributed by atoms with van der Waals surface area (Å²) in [6.07, 6.45) is -0.472. The number of fused-ring (bicyclic) bond motifs is 1. The quantitative estimate of drug-likeness (QED) is 0.672. The van der Waals surface area contributed by atoms with Crippen LogP contribution in [0.25, 0.3) is 10.8 Å². The Hall–Kier alpha value is -2.41. The van der Waals surface area contributed by atoms with Crippen molar-refractivity contribution in [3.8, 4) is 5.75 Å². The summed E-state index contributed by atoms with van der Waals surface area (Å²) >= 11 is 1.57. The number of aliphatic hydroxyl groups is 1. The molecule has 1 aliphatic heterocycles. The number of hydrogen-bond acceptors (Lipinski definition) is 5. The smallest absolute Gasteiger partial charge is 0.258 e. The number of benzene rings is 2. The largest absolute Gasteiger partial charge is 0.493 e. The van der Waals surface area contributed by atoms with Crippen LogP contribution in [0.15, 0.2) is 53.9 Å². The van der Waals surface area contributed by atoms with E-state index in [0.29, 0.717) is 37.6 Å². The van der Waals surface area contributed by atoms with Gasteiger partial charge in [-0.3, -0.25) is 9.69 Å². The van der Waals surface area contributed by atoms with Gasteiger partial charge in [0.25, 0.3) is 5.91 Å². The van der Waals surface area contributed by atoms with E-state index in [9.17, 15) is 9.90 Å². The third kappa shape index (κ3) is 4.29. The summed E-state index contributed by atoms with van der Waals surface area (Å²) in [4.78, 5) is 18.5. The van der Waals surface area contributed by atoms with Crippen molar-refractivity contribution in [1.82, 2.24) is 9.80 Å². The molecule has 1 unspecified atom stereocenters. The molecule has 2 aromatic carbocycles. The van der Waals surface area contributed by atoms with Crippen LogP contribution in [-0.2, 0) is 0 Å². The van der Waals surface area contributed by atoms with Gasteiger partial charge in [0, 0.05) is 37.6 Å². The third-order valence-electron chi connectivity index (χ3n) is 5.37. The summed E-state index contributed by atoms with van der Waals surface area (Å²) in [6.45, 7) is 5.84. The fourth-order valence-electron chi connectivity index (χ4n) is 3.85. The van der Waals surface area contributed by atoms with Gasteiger partial charge in [-0.15, -0.1) is 11.3 Å². The molecular formula is C23H26N2O3S. The second-order valence-electron chi connectivity index (χ2n) is 7.22. The predicted octanol–water partition coefficient (Wildman–Crippen LogP) is 3.79. The topological polar surface area (TPSA) is 53.0 Å². The number of ether oxygens (including phenoxy) is 1. The molecule has 1 amide bonds. The summed E-state index contributed by atoms with van der Waals surface area (Å²) < 4.78 is 5.78. The van der Waals surface area contributed by atoms with Gasteiger partial charge in [0.05, 0.1) is 12.2 Å². The molecule has 0 saturated carbocycles. The standard InChI is InChI=1S/C23H26N2O3S/c1-2-28-20-10-9-17-6-3-4-7-18(17)22(20)23(27)25-13-11-24(12-14-25)16-19(26)21-8-5-15-29-21/h3-10,15,19,26H,2,11-14,16H2,1H3. The van der Waals surface area contributed by atoms with Crippen molar-refractivity contribution in [2.24, 2.45) is 0 Å². The van der Waals surface area contributed by atoms with Gasteiger partial charge >= 0.3 is 0 Å². The van der Waals surface area contributed by atoms with E-state index < -0.39 is 6.10 Å². The Kier molecular flexibility index (Phi) is 6.13. The van der Waals surface area contributed by atoms with E-state index in [-0.39, 0.29) is 5.91 Å². The number of aliphatic hydroxyl groups excluding tert-OH is 1. The lowest BCUT2D eigenvalue weighted by atomic mass is 10.0. The molecule has 3 aromatic rings. The molecule has 1 saturated heterocycles. The fourth-order valence-corrected chi connectivity index (χ4v) is 4.56. The van der Waals surface area contributed by atoms with Gasteiger partial charge < -0.3 is 14.7 Å². The molecule has 6 heteroatoms. The first-order valence-electron chi connectivity index (χ1n) is 10.0. The molecule has 0 bridgehead atoms. The SMILES string of the molecule is CCOc1ccc2ccccc2c1C(=O)N1CCN(CC(O)c2cccs2)CC1. The minimum absolute atomic E-state index is 0.0173. The maximum Gasteiger partial charge on any atom is 0.258 e. The Morgan fingerprint density at radius 2 is 1.90 bits per heavy atom. The van der Waals surface area contributed by atoms with Crippen LogP contribution in [0, 0.1) is 0 Å². The van der Waals surface area contributed by atoms with Crippen LogP contribution in [0.4, 0.5) is 0 Å². The van der Waals surface area contributed by atoms with Crippen LogP contribution >= 0.6 is 11.3 Å². The Bertz CT molecular complexity index is 965. The minimum Gasteiger partial charge on any atom is -0.493 e. The molecule has 1 fully saturated rings. The van der Waals surface area contributed by atoms with Crippen LogP contribution in [0.2, 0.25) is 0 Å². The highest BCUT2D eigenvalue weighted by molar-refractivity contribution is 7.10. The molecule has 5 nitrogen and oxygen atoms in total. The van der Waals surface area contributed by atoms with Gasteiger partial charge in [-0.05, 0) is 35.2 Å². The Labute approximate surface area is 175 Å². The number of hydrogen-bond donors (Lipinski definition) is 1. The summed E-state index contributed by atoms with van der Waals surface area (Å²) in [6, 6.07) is 15.8. The maximum absolute atomic E-state index is 13.4. The van der Waals surface area contributed by atoms with Crippen LogP contribution in [0.3, 0.4) is 0 Å². The summed E-state index contributed by atoms with van der Waals surface area (Å²) in [7, 11) is 0. The van der Waals surface area contributed by atoms with E-state index in [0.717, 1.165) is 28.7 Å². The van der Waals surface area contributed by atoms with E-state index in [2.05, 4.69) is 4.90 Å². The zero-order valence-electron chi connectivity index (χ0n) is 16.6. The molecule has 0 aliphatic carbocycles. The molecule has 4 rings (SSSR count). The lowest BCUT2D eigenvalue weighted by Crippen LogP contribution is -2.49. The number of β-amino-alcohol motifs (C(OH)–C–C–N with tert-alkyl or cyclic N) is 1. The molecule has 2 heterocycles. The average molecular weight is 411 g/mol. The summed E-state index contributed by atoms with van der Waals surface area (Å²) in [5.74, 6) is 0.662. The molecule has 152 valence electrons. The van der Waals surface area contributed by atoms with E-state index in [1.807, 2.05) is 65.7 Å². The van der Waals surface area contributed by atoms with Crippen molar-refractivity contribution >= 4 is 28.0 Å². The lowest BCUT2D eigenvalue weighted by molar-refractivity contribution is 0.0531. The Morgan fingerprint density at radius 1 is 1.10 bits per heavy atom. The molecule has 0 spiro atoms. The Balaban J connectivity index is 1.48. The minimum atomic E-state index is -0.472. The highest BCUT2D eigenvalue weighted by Crippen LogP contribution is 2.30. The van der Waals surface area contributed by atoms with Gasteiger partial charge in [-0.1, -0.05) is 36.4 Å². The first-order valence-corrected chi connectivity index (χ1v) is 10.9. The van der Waals surface area contributed by atoms with Gasteiger partial charge in [0.2, 0.25) is 0 Å². The van der Waals surface area contributed by atoms with E-state index >= 15 is 0 Å². The van der Waals surface area contributed by atoms with Gasteiger partial charge in [0.1, 0.15) is 11.9 Å². The van der Waals surface area contributed by atoms with E-state index in [4.69, 9.17) is 4.74 Å². The second-order valence-corrected chi connectivity index (χ2v) is 8.20.